The molecule has 168 valence electrons. The topological polar surface area (TPSA) is 87.7 Å². The summed E-state index contributed by atoms with van der Waals surface area (Å²) in [6, 6.07) is 11.2. The van der Waals surface area contributed by atoms with Crippen LogP contribution >= 0.6 is 0 Å². The molecule has 0 atom stereocenters. The summed E-state index contributed by atoms with van der Waals surface area (Å²) in [4.78, 5) is 31.2. The minimum Gasteiger partial charge on any atom is -0.408 e. The van der Waals surface area contributed by atoms with Crippen LogP contribution in [0.1, 0.15) is 19.8 Å². The van der Waals surface area contributed by atoms with Gasteiger partial charge in [-0.15, -0.1) is 10.2 Å². The minimum atomic E-state index is -0.503. The highest BCUT2D eigenvalue weighted by atomic mass is 16.4. The molecule has 9 nitrogen and oxygen atoms in total. The molecule has 1 aromatic carbocycles. The molecule has 2 fully saturated rings. The van der Waals surface area contributed by atoms with Gasteiger partial charge in [0.25, 0.3) is 0 Å². The predicted octanol–water partition coefficient (Wildman–Crippen LogP) is 1.97. The number of carbonyl (C=O) groups is 1. The molecule has 0 saturated carbocycles. The molecule has 2 aliphatic rings. The quantitative estimate of drug-likeness (QED) is 0.618. The van der Waals surface area contributed by atoms with E-state index in [4.69, 9.17) is 4.42 Å². The molecule has 5 rings (SSSR count). The van der Waals surface area contributed by atoms with Gasteiger partial charge < -0.3 is 19.1 Å². The van der Waals surface area contributed by atoms with Crippen LogP contribution in [0.5, 0.6) is 0 Å². The molecule has 0 spiro atoms. The van der Waals surface area contributed by atoms with Gasteiger partial charge in [-0.3, -0.25) is 9.36 Å². The first kappa shape index (κ1) is 20.5. The van der Waals surface area contributed by atoms with E-state index in [2.05, 4.69) is 26.9 Å². The van der Waals surface area contributed by atoms with E-state index in [0.29, 0.717) is 37.3 Å². The molecule has 32 heavy (non-hydrogen) atoms. The van der Waals surface area contributed by atoms with E-state index in [1.165, 1.54) is 17.4 Å². The number of oxazole rings is 1. The molecule has 9 heteroatoms. The zero-order chi connectivity index (χ0) is 22.1. The molecule has 1 amide bonds. The molecule has 0 aliphatic carbocycles. The number of rotatable bonds is 4. The Morgan fingerprint density at radius 3 is 2.22 bits per heavy atom. The Balaban J connectivity index is 1.18. The number of hydrogen-bond acceptors (Lipinski definition) is 7. The molecule has 4 heterocycles. The highest BCUT2D eigenvalue weighted by molar-refractivity contribution is 5.79. The van der Waals surface area contributed by atoms with Crippen molar-refractivity contribution >= 4 is 28.6 Å². The summed E-state index contributed by atoms with van der Waals surface area (Å²) in [6.45, 7) is 6.87. The summed E-state index contributed by atoms with van der Waals surface area (Å²) in [5.41, 5.74) is 1.14. The zero-order valence-corrected chi connectivity index (χ0v) is 18.3. The maximum atomic E-state index is 12.8. The van der Waals surface area contributed by atoms with Crippen LogP contribution in [0.15, 0.2) is 45.6 Å². The molecule has 2 aliphatic heterocycles. The summed E-state index contributed by atoms with van der Waals surface area (Å²) in [5.74, 6) is 1.97. The number of benzene rings is 1. The molecule has 0 N–H and O–H groups in total. The Hall–Kier alpha value is -3.36. The molecule has 0 unspecified atom stereocenters. The fourth-order valence-electron chi connectivity index (χ4n) is 4.48. The van der Waals surface area contributed by atoms with E-state index in [1.807, 2.05) is 18.2 Å². The summed E-state index contributed by atoms with van der Waals surface area (Å²) in [6.07, 6.45) is 2.39. The number of carbonyl (C=O) groups excluding carboxylic acids is 1. The van der Waals surface area contributed by atoms with Gasteiger partial charge in [-0.2, -0.15) is 0 Å². The number of hydrogen-bond donors (Lipinski definition) is 0. The average Bonchev–Trinajstić information content (AvgIpc) is 3.15. The lowest BCUT2D eigenvalue weighted by atomic mass is 9.99. The number of para-hydroxylation sites is 2. The van der Waals surface area contributed by atoms with E-state index >= 15 is 0 Å². The van der Waals surface area contributed by atoms with Crippen molar-refractivity contribution in [2.45, 2.75) is 26.3 Å². The third-order valence-corrected chi connectivity index (χ3v) is 6.57. The molecule has 2 saturated heterocycles. The number of piperazine rings is 1. The normalized spacial score (nSPS) is 17.8. The largest absolute Gasteiger partial charge is 0.420 e. The van der Waals surface area contributed by atoms with Crippen LogP contribution in [0.25, 0.3) is 11.1 Å². The second-order valence-corrected chi connectivity index (χ2v) is 8.71. The lowest BCUT2D eigenvalue weighted by molar-refractivity contribution is -0.132. The lowest BCUT2D eigenvalue weighted by Crippen LogP contribution is -2.50. The molecule has 2 aromatic heterocycles. The Kier molecular flexibility index (Phi) is 5.55. The standard InChI is InChI=1S/C23H28N6O3/c1-17-8-10-26(11-9-17)20-6-7-21(25-24-20)27-12-14-28(15-13-27)22(30)16-29-18-4-2-3-5-19(18)32-23(29)31/h2-7,17H,8-16H2,1H3. The summed E-state index contributed by atoms with van der Waals surface area (Å²) in [7, 11) is 0. The monoisotopic (exact) mass is 436 g/mol. The first-order chi connectivity index (χ1) is 15.6. The van der Waals surface area contributed by atoms with Gasteiger partial charge in [0.15, 0.2) is 17.2 Å². The van der Waals surface area contributed by atoms with Crippen LogP contribution < -0.4 is 15.6 Å². The summed E-state index contributed by atoms with van der Waals surface area (Å²) < 4.78 is 6.63. The SMILES string of the molecule is CC1CCN(c2ccc(N3CCN(C(=O)Cn4c(=O)oc5ccccc54)CC3)nn2)CC1. The zero-order valence-electron chi connectivity index (χ0n) is 18.3. The fourth-order valence-corrected chi connectivity index (χ4v) is 4.48. The molecule has 3 aromatic rings. The molecule has 0 radical (unpaired) electrons. The molecular weight excluding hydrogens is 408 g/mol. The van der Waals surface area contributed by atoms with E-state index in [1.54, 1.807) is 23.1 Å². The van der Waals surface area contributed by atoms with Crippen molar-refractivity contribution in [1.29, 1.82) is 0 Å². The number of anilines is 2. The van der Waals surface area contributed by atoms with Gasteiger partial charge in [0.1, 0.15) is 6.54 Å². The Bertz CT molecular complexity index is 1140. The van der Waals surface area contributed by atoms with E-state index in [0.717, 1.165) is 30.6 Å². The Labute approximate surface area is 186 Å². The highest BCUT2D eigenvalue weighted by Crippen LogP contribution is 2.22. The minimum absolute atomic E-state index is 0.0151. The number of nitrogens with zero attached hydrogens (tertiary/aromatic N) is 6. The summed E-state index contributed by atoms with van der Waals surface area (Å²) >= 11 is 0. The van der Waals surface area contributed by atoms with Gasteiger partial charge in [-0.05, 0) is 43.0 Å². The number of amides is 1. The predicted molar refractivity (Wildman–Crippen MR) is 122 cm³/mol. The van der Waals surface area contributed by atoms with Crippen LogP contribution in [0.3, 0.4) is 0 Å². The Morgan fingerprint density at radius 2 is 1.56 bits per heavy atom. The fraction of sp³-hybridized carbons (Fsp3) is 0.478. The van der Waals surface area contributed by atoms with Gasteiger partial charge in [-0.25, -0.2) is 4.79 Å². The lowest BCUT2D eigenvalue weighted by Gasteiger charge is -2.35. The van der Waals surface area contributed by atoms with Gasteiger partial charge in [0, 0.05) is 39.3 Å². The van der Waals surface area contributed by atoms with Gasteiger partial charge >= 0.3 is 5.76 Å². The van der Waals surface area contributed by atoms with Gasteiger partial charge in [0.2, 0.25) is 5.91 Å². The van der Waals surface area contributed by atoms with Crippen molar-refractivity contribution in [2.24, 2.45) is 5.92 Å². The molecule has 0 bridgehead atoms. The van der Waals surface area contributed by atoms with Crippen LogP contribution in [0.4, 0.5) is 11.6 Å². The van der Waals surface area contributed by atoms with Crippen molar-refractivity contribution < 1.29 is 9.21 Å². The van der Waals surface area contributed by atoms with Gasteiger partial charge in [-0.1, -0.05) is 19.1 Å². The second-order valence-electron chi connectivity index (χ2n) is 8.71. The second kappa shape index (κ2) is 8.64. The van der Waals surface area contributed by atoms with Crippen LogP contribution in [-0.2, 0) is 11.3 Å². The van der Waals surface area contributed by atoms with E-state index in [-0.39, 0.29) is 12.5 Å². The molecular formula is C23H28N6O3. The summed E-state index contributed by atoms with van der Waals surface area (Å²) in [5, 5.41) is 8.90. The van der Waals surface area contributed by atoms with Crippen molar-refractivity contribution in [3.8, 4) is 0 Å². The number of fused-ring (bicyclic) bond motifs is 1. The van der Waals surface area contributed by atoms with Crippen LogP contribution in [0.2, 0.25) is 0 Å². The van der Waals surface area contributed by atoms with Crippen LogP contribution in [0, 0.1) is 5.92 Å². The number of piperidine rings is 1. The van der Waals surface area contributed by atoms with Crippen molar-refractivity contribution in [3.05, 3.63) is 46.9 Å². The van der Waals surface area contributed by atoms with Crippen molar-refractivity contribution in [1.82, 2.24) is 19.7 Å². The third kappa shape index (κ3) is 4.06. The first-order valence-corrected chi connectivity index (χ1v) is 11.3. The maximum Gasteiger partial charge on any atom is 0.420 e. The van der Waals surface area contributed by atoms with Gasteiger partial charge in [0.05, 0.1) is 5.52 Å². The van der Waals surface area contributed by atoms with E-state index < -0.39 is 5.76 Å². The van der Waals surface area contributed by atoms with Crippen molar-refractivity contribution in [2.75, 3.05) is 49.1 Å². The Morgan fingerprint density at radius 1 is 0.938 bits per heavy atom. The number of aromatic nitrogens is 3. The smallest absolute Gasteiger partial charge is 0.408 e. The van der Waals surface area contributed by atoms with Crippen LogP contribution in [-0.4, -0.2) is 64.8 Å². The van der Waals surface area contributed by atoms with Crippen molar-refractivity contribution in [3.63, 3.8) is 0 Å². The van der Waals surface area contributed by atoms with E-state index in [9.17, 15) is 9.59 Å². The highest BCUT2D eigenvalue weighted by Gasteiger charge is 2.24. The maximum absolute atomic E-state index is 12.8. The first-order valence-electron chi connectivity index (χ1n) is 11.3. The average molecular weight is 437 g/mol. The third-order valence-electron chi connectivity index (χ3n) is 6.57.